The maximum atomic E-state index is 12.7. The molecule has 0 aromatic heterocycles. The van der Waals surface area contributed by atoms with E-state index in [9.17, 15) is 22.8 Å². The van der Waals surface area contributed by atoms with E-state index in [4.69, 9.17) is 14.6 Å². The molecule has 0 bridgehead atoms. The zero-order chi connectivity index (χ0) is 24.9. The van der Waals surface area contributed by atoms with Crippen LogP contribution >= 0.6 is 0 Å². The Balaban J connectivity index is 0.000000675. The van der Waals surface area contributed by atoms with Gasteiger partial charge in [-0.3, -0.25) is 9.59 Å². The van der Waals surface area contributed by atoms with Crippen molar-refractivity contribution in [2.24, 2.45) is 0 Å². The molecule has 8 nitrogen and oxygen atoms in total. The summed E-state index contributed by atoms with van der Waals surface area (Å²) in [5.41, 5.74) is 0.629. The fourth-order valence-electron chi connectivity index (χ4n) is 2.92. The van der Waals surface area contributed by atoms with Crippen LogP contribution < -0.4 is 10.1 Å². The minimum Gasteiger partial charge on any atom is -0.494 e. The fraction of sp³-hybridized carbons (Fsp3) is 0.591. The molecule has 1 aromatic carbocycles. The molecule has 0 atom stereocenters. The molecule has 11 heteroatoms. The molecule has 0 unspecified atom stereocenters. The molecule has 1 aliphatic rings. The summed E-state index contributed by atoms with van der Waals surface area (Å²) in [6.07, 6.45) is -2.60. The van der Waals surface area contributed by atoms with E-state index in [-0.39, 0.29) is 11.8 Å². The number of alkyl halides is 3. The molecular weight excluding hydrogens is 443 g/mol. The van der Waals surface area contributed by atoms with E-state index < -0.39 is 12.1 Å². The topological polar surface area (TPSA) is 99.2 Å². The van der Waals surface area contributed by atoms with E-state index in [1.807, 2.05) is 24.0 Å². The lowest BCUT2D eigenvalue weighted by Crippen LogP contribution is -2.47. The molecule has 1 fully saturated rings. The maximum absolute atomic E-state index is 12.7. The van der Waals surface area contributed by atoms with Crippen LogP contribution in [0.25, 0.3) is 0 Å². The van der Waals surface area contributed by atoms with Crippen LogP contribution in [0.3, 0.4) is 0 Å². The van der Waals surface area contributed by atoms with E-state index in [2.05, 4.69) is 12.2 Å². The molecule has 33 heavy (non-hydrogen) atoms. The number of carboxylic acid groups (broad SMARTS) is 1. The number of hydrogen-bond acceptors (Lipinski definition) is 5. The van der Waals surface area contributed by atoms with Crippen LogP contribution in [0.1, 0.15) is 43.5 Å². The number of carboxylic acids is 1. The monoisotopic (exact) mass is 475 g/mol. The van der Waals surface area contributed by atoms with Gasteiger partial charge in [-0.1, -0.05) is 13.3 Å². The molecular formula is C22H32F3N3O5. The molecule has 1 saturated heterocycles. The summed E-state index contributed by atoms with van der Waals surface area (Å²) in [5, 5.41) is 10.4. The maximum Gasteiger partial charge on any atom is 0.490 e. The fourth-order valence-corrected chi connectivity index (χ4v) is 2.92. The summed E-state index contributed by atoms with van der Waals surface area (Å²) in [6, 6.07) is 7.26. The van der Waals surface area contributed by atoms with E-state index >= 15 is 0 Å². The van der Waals surface area contributed by atoms with E-state index in [0.717, 1.165) is 44.8 Å². The summed E-state index contributed by atoms with van der Waals surface area (Å²) in [5.74, 6) is -1.89. The normalized spacial score (nSPS) is 13.5. The van der Waals surface area contributed by atoms with E-state index in [1.54, 1.807) is 17.0 Å². The molecule has 2 N–H and O–H groups in total. The van der Waals surface area contributed by atoms with Gasteiger partial charge >= 0.3 is 12.1 Å². The molecule has 1 aromatic rings. The van der Waals surface area contributed by atoms with Crippen molar-refractivity contribution in [2.75, 3.05) is 45.9 Å². The Hall–Kier alpha value is -2.82. The Kier molecular flexibility index (Phi) is 12.3. The Morgan fingerprint density at radius 3 is 2.18 bits per heavy atom. The predicted molar refractivity (Wildman–Crippen MR) is 116 cm³/mol. The van der Waals surface area contributed by atoms with Crippen molar-refractivity contribution < 1.29 is 37.4 Å². The zero-order valence-electron chi connectivity index (χ0n) is 19.0. The second-order valence-corrected chi connectivity index (χ2v) is 7.29. The lowest BCUT2D eigenvalue weighted by atomic mass is 10.2. The lowest BCUT2D eigenvalue weighted by molar-refractivity contribution is -0.192. The van der Waals surface area contributed by atoms with Gasteiger partial charge in [-0.25, -0.2) is 4.79 Å². The summed E-state index contributed by atoms with van der Waals surface area (Å²) < 4.78 is 37.4. The van der Waals surface area contributed by atoms with Crippen molar-refractivity contribution in [1.29, 1.82) is 0 Å². The average molecular weight is 476 g/mol. The van der Waals surface area contributed by atoms with Gasteiger partial charge in [0.15, 0.2) is 0 Å². The van der Waals surface area contributed by atoms with Gasteiger partial charge in [0.2, 0.25) is 5.91 Å². The highest BCUT2D eigenvalue weighted by molar-refractivity contribution is 5.94. The highest BCUT2D eigenvalue weighted by Gasteiger charge is 2.38. The summed E-state index contributed by atoms with van der Waals surface area (Å²) in [4.78, 5) is 37.5. The minimum absolute atomic E-state index is 0.0410. The molecule has 0 saturated carbocycles. The van der Waals surface area contributed by atoms with Crippen molar-refractivity contribution >= 4 is 17.8 Å². The van der Waals surface area contributed by atoms with Crippen LogP contribution in [0.15, 0.2) is 24.3 Å². The molecule has 2 rings (SSSR count). The molecule has 0 radical (unpaired) electrons. The summed E-state index contributed by atoms with van der Waals surface area (Å²) in [7, 11) is 0. The largest absolute Gasteiger partial charge is 0.494 e. The summed E-state index contributed by atoms with van der Waals surface area (Å²) >= 11 is 0. The Bertz CT molecular complexity index is 751. The van der Waals surface area contributed by atoms with Gasteiger partial charge in [0, 0.05) is 51.3 Å². The number of aliphatic carboxylic acids is 1. The number of nitrogens with zero attached hydrogens (tertiary/aromatic N) is 2. The molecule has 0 aliphatic carbocycles. The van der Waals surface area contributed by atoms with Gasteiger partial charge < -0.3 is 25.0 Å². The minimum atomic E-state index is -5.08. The highest BCUT2D eigenvalue weighted by Crippen LogP contribution is 2.15. The van der Waals surface area contributed by atoms with Gasteiger partial charge in [-0.2, -0.15) is 13.2 Å². The second kappa shape index (κ2) is 14.4. The van der Waals surface area contributed by atoms with Gasteiger partial charge in [0.05, 0.1) is 6.61 Å². The zero-order valence-corrected chi connectivity index (χ0v) is 19.0. The number of halogens is 3. The quantitative estimate of drug-likeness (QED) is 0.533. The van der Waals surface area contributed by atoms with Crippen LogP contribution in [-0.4, -0.2) is 84.7 Å². The first-order chi connectivity index (χ1) is 15.6. The molecule has 1 heterocycles. The molecule has 2 amide bonds. The van der Waals surface area contributed by atoms with Gasteiger partial charge in [-0.05, 0) is 37.6 Å². The molecule has 0 spiro atoms. The first-order valence-corrected chi connectivity index (χ1v) is 10.9. The smallest absolute Gasteiger partial charge is 0.490 e. The number of nitrogens with one attached hydrogen (secondary N) is 1. The number of ether oxygens (including phenoxy) is 1. The molecule has 186 valence electrons. The number of hydrogen-bond donors (Lipinski definition) is 2. The van der Waals surface area contributed by atoms with Crippen molar-refractivity contribution in [3.8, 4) is 5.75 Å². The standard InChI is InChI=1S/C20H31N3O3.C2HF3O2/c1-3-5-16-26-18-8-6-17(7-9-18)20(25)22(4-2)13-10-19(24)23-14-11-21-12-15-23;3-2(4,5)1(6)7/h6-9,21H,3-5,10-16H2,1-2H3;(H,6,7). The number of piperazine rings is 1. The van der Waals surface area contributed by atoms with Crippen LogP contribution in [0.5, 0.6) is 5.75 Å². The third-order valence-corrected chi connectivity index (χ3v) is 4.84. The average Bonchev–Trinajstić information content (AvgIpc) is 2.80. The predicted octanol–water partition coefficient (Wildman–Crippen LogP) is 2.78. The van der Waals surface area contributed by atoms with Crippen molar-refractivity contribution in [2.45, 2.75) is 39.3 Å². The Morgan fingerprint density at radius 1 is 1.12 bits per heavy atom. The number of carbonyl (C=O) groups excluding carboxylic acids is 2. The first-order valence-electron chi connectivity index (χ1n) is 10.9. The van der Waals surface area contributed by atoms with Crippen LogP contribution in [-0.2, 0) is 9.59 Å². The number of amides is 2. The van der Waals surface area contributed by atoms with Crippen LogP contribution in [0.4, 0.5) is 13.2 Å². The Labute approximate surface area is 191 Å². The third-order valence-electron chi connectivity index (χ3n) is 4.84. The number of unbranched alkanes of at least 4 members (excludes halogenated alkanes) is 1. The SMILES string of the molecule is CCCCOc1ccc(C(=O)N(CC)CCC(=O)N2CCNCC2)cc1.O=C(O)C(F)(F)F. The number of rotatable bonds is 9. The first kappa shape index (κ1) is 28.2. The molecule has 1 aliphatic heterocycles. The lowest BCUT2D eigenvalue weighted by Gasteiger charge is -2.28. The van der Waals surface area contributed by atoms with Crippen molar-refractivity contribution in [1.82, 2.24) is 15.1 Å². The van der Waals surface area contributed by atoms with Crippen LogP contribution in [0, 0.1) is 0 Å². The Morgan fingerprint density at radius 2 is 1.70 bits per heavy atom. The third kappa shape index (κ3) is 10.6. The van der Waals surface area contributed by atoms with E-state index in [0.29, 0.717) is 31.7 Å². The van der Waals surface area contributed by atoms with Crippen LogP contribution in [0.2, 0.25) is 0 Å². The second-order valence-electron chi connectivity index (χ2n) is 7.29. The number of benzene rings is 1. The van der Waals surface area contributed by atoms with E-state index in [1.165, 1.54) is 0 Å². The van der Waals surface area contributed by atoms with Crippen molar-refractivity contribution in [3.63, 3.8) is 0 Å². The van der Waals surface area contributed by atoms with Gasteiger partial charge in [-0.15, -0.1) is 0 Å². The van der Waals surface area contributed by atoms with Crippen molar-refractivity contribution in [3.05, 3.63) is 29.8 Å². The van der Waals surface area contributed by atoms with Gasteiger partial charge in [0.1, 0.15) is 5.75 Å². The number of carbonyl (C=O) groups is 3. The van der Waals surface area contributed by atoms with Gasteiger partial charge in [0.25, 0.3) is 5.91 Å². The highest BCUT2D eigenvalue weighted by atomic mass is 19.4. The summed E-state index contributed by atoms with van der Waals surface area (Å²) in [6.45, 7) is 8.97.